The summed E-state index contributed by atoms with van der Waals surface area (Å²) in [6.45, 7) is 3.81. The second-order valence-electron chi connectivity index (χ2n) is 5.95. The molecule has 6 heteroatoms. The molecule has 0 aliphatic heterocycles. The molecule has 0 aliphatic rings. The van der Waals surface area contributed by atoms with E-state index in [4.69, 9.17) is 4.42 Å². The van der Waals surface area contributed by atoms with Crippen LogP contribution in [0.5, 0.6) is 5.75 Å². The van der Waals surface area contributed by atoms with E-state index in [1.807, 2.05) is 6.92 Å². The highest BCUT2D eigenvalue weighted by atomic mass is 19.2. The minimum atomic E-state index is -0.900. The lowest BCUT2D eigenvalue weighted by atomic mass is 10.0. The molecule has 0 bridgehead atoms. The molecule has 1 unspecified atom stereocenters. The van der Waals surface area contributed by atoms with Crippen LogP contribution in [0.25, 0.3) is 11.0 Å². The highest BCUT2D eigenvalue weighted by Crippen LogP contribution is 2.27. The third-order valence-electron chi connectivity index (χ3n) is 4.26. The van der Waals surface area contributed by atoms with Crippen LogP contribution in [0.2, 0.25) is 0 Å². The summed E-state index contributed by atoms with van der Waals surface area (Å²) in [6, 6.07) is 8.09. The van der Waals surface area contributed by atoms with E-state index in [0.29, 0.717) is 34.2 Å². The topological polar surface area (TPSA) is 62.5 Å². The van der Waals surface area contributed by atoms with Gasteiger partial charge in [0.1, 0.15) is 11.3 Å². The van der Waals surface area contributed by atoms with Crippen molar-refractivity contribution in [3.63, 3.8) is 0 Å². The lowest BCUT2D eigenvalue weighted by Crippen LogP contribution is -2.19. The van der Waals surface area contributed by atoms with E-state index in [0.717, 1.165) is 12.1 Å². The Labute approximate surface area is 142 Å². The number of hydrogen-bond donors (Lipinski definition) is 2. The minimum absolute atomic E-state index is 0.0518. The van der Waals surface area contributed by atoms with Crippen molar-refractivity contribution >= 4 is 11.0 Å². The zero-order chi connectivity index (χ0) is 18.1. The molecule has 0 radical (unpaired) electrons. The molecule has 1 aromatic heterocycles. The number of phenolic OH excluding ortho intramolecular Hbond substituents is 1. The van der Waals surface area contributed by atoms with Gasteiger partial charge in [-0.3, -0.25) is 0 Å². The molecule has 0 spiro atoms. The van der Waals surface area contributed by atoms with Gasteiger partial charge < -0.3 is 14.8 Å². The average molecular weight is 345 g/mol. The van der Waals surface area contributed by atoms with Gasteiger partial charge in [-0.25, -0.2) is 13.6 Å². The normalized spacial score (nSPS) is 12.5. The smallest absolute Gasteiger partial charge is 0.336 e. The summed E-state index contributed by atoms with van der Waals surface area (Å²) in [5, 5.41) is 13.7. The van der Waals surface area contributed by atoms with Crippen LogP contribution in [0.4, 0.5) is 8.78 Å². The second-order valence-corrected chi connectivity index (χ2v) is 5.95. The summed E-state index contributed by atoms with van der Waals surface area (Å²) in [5.74, 6) is -1.74. The van der Waals surface area contributed by atoms with E-state index in [9.17, 15) is 18.7 Å². The van der Waals surface area contributed by atoms with Crippen molar-refractivity contribution in [3.05, 3.63) is 75.1 Å². The summed E-state index contributed by atoms with van der Waals surface area (Å²) in [6.07, 6.45) is 0. The first-order valence-electron chi connectivity index (χ1n) is 7.80. The monoisotopic (exact) mass is 345 g/mol. The van der Waals surface area contributed by atoms with Crippen LogP contribution >= 0.6 is 0 Å². The molecule has 1 atom stereocenters. The SMILES string of the molecule is Cc1c(O)ccc2c(CNC(C)c3ccc(F)c(F)c3)cc(=O)oc12. The summed E-state index contributed by atoms with van der Waals surface area (Å²) < 4.78 is 31.6. The highest BCUT2D eigenvalue weighted by molar-refractivity contribution is 5.84. The molecule has 1 heterocycles. The lowest BCUT2D eigenvalue weighted by Gasteiger charge is -2.15. The molecule has 0 aliphatic carbocycles. The van der Waals surface area contributed by atoms with Crippen molar-refractivity contribution in [1.82, 2.24) is 5.32 Å². The number of phenols is 1. The predicted molar refractivity (Wildman–Crippen MR) is 90.5 cm³/mol. The van der Waals surface area contributed by atoms with Crippen LogP contribution in [-0.2, 0) is 6.54 Å². The molecule has 0 fully saturated rings. The third kappa shape index (κ3) is 3.39. The van der Waals surface area contributed by atoms with Gasteiger partial charge in [-0.15, -0.1) is 0 Å². The number of hydrogen-bond acceptors (Lipinski definition) is 4. The van der Waals surface area contributed by atoms with Crippen molar-refractivity contribution in [2.45, 2.75) is 26.4 Å². The van der Waals surface area contributed by atoms with E-state index < -0.39 is 17.3 Å². The van der Waals surface area contributed by atoms with Crippen molar-refractivity contribution in [3.8, 4) is 5.75 Å². The van der Waals surface area contributed by atoms with E-state index in [1.165, 1.54) is 12.1 Å². The Kier molecular flexibility index (Phi) is 4.55. The Morgan fingerprint density at radius 2 is 1.92 bits per heavy atom. The Balaban J connectivity index is 1.89. The van der Waals surface area contributed by atoms with Crippen molar-refractivity contribution in [2.75, 3.05) is 0 Å². The van der Waals surface area contributed by atoms with Crippen molar-refractivity contribution in [2.24, 2.45) is 0 Å². The Morgan fingerprint density at radius 3 is 2.64 bits per heavy atom. The molecule has 2 N–H and O–H groups in total. The lowest BCUT2D eigenvalue weighted by molar-refractivity contribution is 0.468. The van der Waals surface area contributed by atoms with E-state index in [1.54, 1.807) is 19.1 Å². The van der Waals surface area contributed by atoms with Crippen LogP contribution in [0.1, 0.15) is 29.7 Å². The summed E-state index contributed by atoms with van der Waals surface area (Å²) in [7, 11) is 0. The number of benzene rings is 2. The zero-order valence-electron chi connectivity index (χ0n) is 13.8. The van der Waals surface area contributed by atoms with Gasteiger partial charge in [0.15, 0.2) is 11.6 Å². The first-order chi connectivity index (χ1) is 11.9. The average Bonchev–Trinajstić information content (AvgIpc) is 2.58. The van der Waals surface area contributed by atoms with Gasteiger partial charge in [-0.05, 0) is 49.2 Å². The molecule has 0 saturated heterocycles. The number of nitrogens with one attached hydrogen (secondary N) is 1. The molecular weight excluding hydrogens is 328 g/mol. The van der Waals surface area contributed by atoms with Crippen molar-refractivity contribution in [1.29, 1.82) is 0 Å². The fourth-order valence-electron chi connectivity index (χ4n) is 2.72. The first-order valence-corrected chi connectivity index (χ1v) is 7.80. The molecule has 25 heavy (non-hydrogen) atoms. The molecule has 2 aromatic carbocycles. The van der Waals surface area contributed by atoms with E-state index >= 15 is 0 Å². The quantitative estimate of drug-likeness (QED) is 0.703. The number of aromatic hydroxyl groups is 1. The van der Waals surface area contributed by atoms with Gasteiger partial charge in [0.25, 0.3) is 0 Å². The molecular formula is C19H17F2NO3. The fourth-order valence-corrected chi connectivity index (χ4v) is 2.72. The molecule has 4 nitrogen and oxygen atoms in total. The molecule has 3 rings (SSSR count). The van der Waals surface area contributed by atoms with Gasteiger partial charge in [0, 0.05) is 29.6 Å². The molecule has 0 saturated carbocycles. The predicted octanol–water partition coefficient (Wildman–Crippen LogP) is 3.94. The van der Waals surface area contributed by atoms with E-state index in [2.05, 4.69) is 5.32 Å². The number of fused-ring (bicyclic) bond motifs is 1. The first kappa shape index (κ1) is 17.1. The van der Waals surface area contributed by atoms with E-state index in [-0.39, 0.29) is 11.8 Å². The zero-order valence-corrected chi connectivity index (χ0v) is 13.8. The standard InChI is InChI=1S/C19H17F2NO3/c1-10-17(23)6-4-14-13(8-18(24)25-19(10)14)9-22-11(2)12-3-5-15(20)16(21)7-12/h3-8,11,22-23H,9H2,1-2H3. The van der Waals surface area contributed by atoms with Gasteiger partial charge in [0.05, 0.1) is 0 Å². The Morgan fingerprint density at radius 1 is 1.16 bits per heavy atom. The third-order valence-corrected chi connectivity index (χ3v) is 4.26. The molecule has 130 valence electrons. The van der Waals surface area contributed by atoms with Gasteiger partial charge in [0.2, 0.25) is 0 Å². The van der Waals surface area contributed by atoms with Crippen LogP contribution in [0.15, 0.2) is 45.6 Å². The summed E-state index contributed by atoms with van der Waals surface area (Å²) in [5.41, 5.74) is 1.61. The van der Waals surface area contributed by atoms with Crippen LogP contribution < -0.4 is 10.9 Å². The Bertz CT molecular complexity index is 998. The molecule has 3 aromatic rings. The maximum Gasteiger partial charge on any atom is 0.336 e. The summed E-state index contributed by atoms with van der Waals surface area (Å²) in [4.78, 5) is 11.8. The van der Waals surface area contributed by atoms with Gasteiger partial charge >= 0.3 is 5.63 Å². The summed E-state index contributed by atoms with van der Waals surface area (Å²) >= 11 is 0. The van der Waals surface area contributed by atoms with Crippen LogP contribution in [-0.4, -0.2) is 5.11 Å². The van der Waals surface area contributed by atoms with Gasteiger partial charge in [-0.1, -0.05) is 6.07 Å². The minimum Gasteiger partial charge on any atom is -0.508 e. The van der Waals surface area contributed by atoms with Gasteiger partial charge in [-0.2, -0.15) is 0 Å². The van der Waals surface area contributed by atoms with Crippen molar-refractivity contribution < 1.29 is 18.3 Å². The maximum atomic E-state index is 13.4. The fraction of sp³-hybridized carbons (Fsp3) is 0.211. The largest absolute Gasteiger partial charge is 0.508 e. The highest BCUT2D eigenvalue weighted by Gasteiger charge is 2.13. The number of rotatable bonds is 4. The van der Waals surface area contributed by atoms with Crippen LogP contribution in [0.3, 0.4) is 0 Å². The second kappa shape index (κ2) is 6.64. The molecule has 0 amide bonds. The number of halogens is 2. The van der Waals surface area contributed by atoms with Crippen LogP contribution in [0, 0.1) is 18.6 Å². The number of aryl methyl sites for hydroxylation is 1. The maximum absolute atomic E-state index is 13.4. The Hall–Kier alpha value is -2.73.